The van der Waals surface area contributed by atoms with Crippen molar-refractivity contribution < 1.29 is 27.7 Å². The average molecular weight is 475 g/mol. The average Bonchev–Trinajstić information content (AvgIpc) is 2.98. The summed E-state index contributed by atoms with van der Waals surface area (Å²) in [5.74, 6) is -1.36. The van der Waals surface area contributed by atoms with E-state index in [1.54, 1.807) is 0 Å². The lowest BCUT2D eigenvalue weighted by Gasteiger charge is -2.22. The van der Waals surface area contributed by atoms with Gasteiger partial charge >= 0.3 is 6.03 Å². The molecule has 4 amide bonds. The summed E-state index contributed by atoms with van der Waals surface area (Å²) < 4.78 is 25.3. The standard InChI is InChI=1S/C20H21N5O7S/c1-20(13-4-8-15(9-5-13)25(29)30)18(27)24(19(28)22-20)12-17(26)21-14-6-10-16(11-7-14)33(31,32)23(2)3/h4-11H,12H2,1-3H3,(H,21,26)(H,22,28). The van der Waals surface area contributed by atoms with Crippen molar-refractivity contribution in [3.63, 3.8) is 0 Å². The highest BCUT2D eigenvalue weighted by Gasteiger charge is 2.49. The summed E-state index contributed by atoms with van der Waals surface area (Å²) >= 11 is 0. The Bertz CT molecular complexity index is 1230. The van der Waals surface area contributed by atoms with Crippen molar-refractivity contribution in [2.45, 2.75) is 17.4 Å². The van der Waals surface area contributed by atoms with Gasteiger partial charge in [0.1, 0.15) is 12.1 Å². The number of imide groups is 1. The van der Waals surface area contributed by atoms with Crippen LogP contribution in [0.3, 0.4) is 0 Å². The molecule has 0 bridgehead atoms. The Hall–Kier alpha value is -3.84. The van der Waals surface area contributed by atoms with Gasteiger partial charge < -0.3 is 10.6 Å². The molecule has 1 aliphatic rings. The van der Waals surface area contributed by atoms with Gasteiger partial charge in [-0.15, -0.1) is 0 Å². The van der Waals surface area contributed by atoms with Crippen LogP contribution in [0.15, 0.2) is 53.4 Å². The van der Waals surface area contributed by atoms with E-state index in [9.17, 15) is 32.9 Å². The molecule has 2 aromatic carbocycles. The number of nitrogens with zero attached hydrogens (tertiary/aromatic N) is 3. The molecule has 174 valence electrons. The Kier molecular flexibility index (Phi) is 6.20. The third-order valence-corrected chi connectivity index (χ3v) is 6.98. The lowest BCUT2D eigenvalue weighted by Crippen LogP contribution is -2.42. The van der Waals surface area contributed by atoms with Gasteiger partial charge in [-0.25, -0.2) is 17.5 Å². The highest BCUT2D eigenvalue weighted by molar-refractivity contribution is 7.89. The zero-order valence-corrected chi connectivity index (χ0v) is 18.8. The lowest BCUT2D eigenvalue weighted by atomic mass is 9.92. The molecule has 13 heteroatoms. The summed E-state index contributed by atoms with van der Waals surface area (Å²) in [7, 11) is -0.832. The van der Waals surface area contributed by atoms with Crippen LogP contribution in [0.1, 0.15) is 12.5 Å². The Morgan fingerprint density at radius 2 is 1.70 bits per heavy atom. The zero-order chi connectivity index (χ0) is 24.6. The maximum absolute atomic E-state index is 12.9. The Morgan fingerprint density at radius 3 is 2.21 bits per heavy atom. The molecule has 1 heterocycles. The molecule has 0 saturated carbocycles. The van der Waals surface area contributed by atoms with Crippen LogP contribution >= 0.6 is 0 Å². The third kappa shape index (κ3) is 4.54. The first-order valence-corrected chi connectivity index (χ1v) is 11.0. The van der Waals surface area contributed by atoms with Gasteiger partial charge in [0.25, 0.3) is 11.6 Å². The molecule has 0 aromatic heterocycles. The predicted octanol–water partition coefficient (Wildman–Crippen LogP) is 1.25. The second-order valence-corrected chi connectivity index (χ2v) is 9.76. The number of non-ortho nitro benzene ring substituents is 1. The number of hydrogen-bond acceptors (Lipinski definition) is 7. The minimum Gasteiger partial charge on any atom is -0.325 e. The van der Waals surface area contributed by atoms with Crippen molar-refractivity contribution in [3.05, 3.63) is 64.2 Å². The van der Waals surface area contributed by atoms with Crippen molar-refractivity contribution in [1.82, 2.24) is 14.5 Å². The molecule has 33 heavy (non-hydrogen) atoms. The van der Waals surface area contributed by atoms with E-state index in [1.807, 2.05) is 0 Å². The van der Waals surface area contributed by atoms with Gasteiger partial charge in [-0.1, -0.05) is 0 Å². The maximum atomic E-state index is 12.9. The molecule has 3 rings (SSSR count). The summed E-state index contributed by atoms with van der Waals surface area (Å²) in [4.78, 5) is 48.8. The van der Waals surface area contributed by atoms with Crippen LogP contribution < -0.4 is 10.6 Å². The number of urea groups is 1. The number of amides is 4. The van der Waals surface area contributed by atoms with Gasteiger partial charge in [0, 0.05) is 31.9 Å². The number of rotatable bonds is 7. The summed E-state index contributed by atoms with van der Waals surface area (Å²) in [5.41, 5.74) is -1.05. The van der Waals surface area contributed by atoms with Crippen LogP contribution in [-0.4, -0.2) is 61.0 Å². The molecule has 1 unspecified atom stereocenters. The molecule has 1 aliphatic heterocycles. The lowest BCUT2D eigenvalue weighted by molar-refractivity contribution is -0.384. The molecule has 2 aromatic rings. The first kappa shape index (κ1) is 23.8. The SMILES string of the molecule is CN(C)S(=O)(=O)c1ccc(NC(=O)CN2C(=O)NC(C)(c3ccc([N+](=O)[O-])cc3)C2=O)cc1. The van der Waals surface area contributed by atoms with Crippen molar-refractivity contribution in [1.29, 1.82) is 0 Å². The summed E-state index contributed by atoms with van der Waals surface area (Å²) in [6.45, 7) is 0.862. The fourth-order valence-corrected chi connectivity index (χ4v) is 4.12. The second-order valence-electron chi connectivity index (χ2n) is 7.61. The fraction of sp³-hybridized carbons (Fsp3) is 0.250. The van der Waals surface area contributed by atoms with Gasteiger partial charge in [0.2, 0.25) is 15.9 Å². The van der Waals surface area contributed by atoms with E-state index in [1.165, 1.54) is 69.6 Å². The van der Waals surface area contributed by atoms with Crippen LogP contribution in [0.5, 0.6) is 0 Å². The fourth-order valence-electron chi connectivity index (χ4n) is 3.22. The molecule has 1 fully saturated rings. The number of benzene rings is 2. The van der Waals surface area contributed by atoms with E-state index in [-0.39, 0.29) is 16.3 Å². The van der Waals surface area contributed by atoms with E-state index >= 15 is 0 Å². The van der Waals surface area contributed by atoms with Crippen LogP contribution in [0.4, 0.5) is 16.2 Å². The molecule has 12 nitrogen and oxygen atoms in total. The highest BCUT2D eigenvalue weighted by atomic mass is 32.2. The number of anilines is 1. The maximum Gasteiger partial charge on any atom is 0.325 e. The van der Waals surface area contributed by atoms with Gasteiger partial charge in [-0.3, -0.25) is 24.6 Å². The van der Waals surface area contributed by atoms with Crippen molar-refractivity contribution in [2.75, 3.05) is 26.0 Å². The van der Waals surface area contributed by atoms with E-state index in [0.29, 0.717) is 5.56 Å². The third-order valence-electron chi connectivity index (χ3n) is 5.15. The topological polar surface area (TPSA) is 159 Å². The summed E-state index contributed by atoms with van der Waals surface area (Å²) in [6.07, 6.45) is 0. The van der Waals surface area contributed by atoms with E-state index in [2.05, 4.69) is 10.6 Å². The minimum absolute atomic E-state index is 0.0402. The van der Waals surface area contributed by atoms with Gasteiger partial charge in [-0.05, 0) is 48.9 Å². The number of carbonyl (C=O) groups is 3. The van der Waals surface area contributed by atoms with Gasteiger partial charge in [0.05, 0.1) is 9.82 Å². The predicted molar refractivity (Wildman–Crippen MR) is 117 cm³/mol. The molecule has 0 aliphatic carbocycles. The molecule has 0 spiro atoms. The Morgan fingerprint density at radius 1 is 1.12 bits per heavy atom. The quantitative estimate of drug-likeness (QED) is 0.346. The minimum atomic E-state index is -3.62. The monoisotopic (exact) mass is 475 g/mol. The molecular weight excluding hydrogens is 454 g/mol. The van der Waals surface area contributed by atoms with E-state index in [0.717, 1.165) is 9.21 Å². The number of hydrogen-bond donors (Lipinski definition) is 2. The highest BCUT2D eigenvalue weighted by Crippen LogP contribution is 2.30. The molecule has 1 saturated heterocycles. The number of nitro benzene ring substituents is 1. The van der Waals surface area contributed by atoms with Crippen molar-refractivity contribution in [3.8, 4) is 0 Å². The van der Waals surface area contributed by atoms with Crippen LogP contribution in [0.2, 0.25) is 0 Å². The van der Waals surface area contributed by atoms with Crippen molar-refractivity contribution >= 4 is 39.2 Å². The second kappa shape index (κ2) is 8.60. The molecule has 1 atom stereocenters. The van der Waals surface area contributed by atoms with Crippen LogP contribution in [0, 0.1) is 10.1 Å². The Labute approximate surface area is 189 Å². The number of nitrogens with one attached hydrogen (secondary N) is 2. The van der Waals surface area contributed by atoms with Gasteiger partial charge in [0.15, 0.2) is 0 Å². The summed E-state index contributed by atoms with van der Waals surface area (Å²) in [6, 6.07) is 9.80. The molecular formula is C20H21N5O7S. The largest absolute Gasteiger partial charge is 0.325 e. The van der Waals surface area contributed by atoms with Crippen LogP contribution in [-0.2, 0) is 25.2 Å². The summed E-state index contributed by atoms with van der Waals surface area (Å²) in [5, 5.41) is 15.9. The molecule has 2 N–H and O–H groups in total. The van der Waals surface area contributed by atoms with E-state index < -0.39 is 44.9 Å². The number of nitro groups is 1. The first-order chi connectivity index (χ1) is 15.4. The van der Waals surface area contributed by atoms with Crippen molar-refractivity contribution in [2.24, 2.45) is 0 Å². The molecule has 0 radical (unpaired) electrons. The smallest absolute Gasteiger partial charge is 0.325 e. The van der Waals surface area contributed by atoms with Gasteiger partial charge in [-0.2, -0.15) is 0 Å². The van der Waals surface area contributed by atoms with Crippen LogP contribution in [0.25, 0.3) is 0 Å². The number of carbonyl (C=O) groups excluding carboxylic acids is 3. The first-order valence-electron chi connectivity index (χ1n) is 9.58. The Balaban J connectivity index is 1.71. The normalized spacial score (nSPS) is 18.4. The zero-order valence-electron chi connectivity index (χ0n) is 17.9. The number of sulfonamides is 1. The van der Waals surface area contributed by atoms with E-state index in [4.69, 9.17) is 0 Å².